The molecule has 1 aromatic carbocycles. The first-order valence-corrected chi connectivity index (χ1v) is 8.53. The molecule has 0 radical (unpaired) electrons. The number of benzene rings is 1. The second-order valence-corrected chi connectivity index (χ2v) is 6.79. The highest BCUT2D eigenvalue weighted by Crippen LogP contribution is 2.23. The average Bonchev–Trinajstić information content (AvgIpc) is 2.96. The first-order valence-electron chi connectivity index (χ1n) is 8.53. The molecule has 1 aliphatic rings. The number of likely N-dealkylation sites (tertiary alicyclic amines) is 1. The van der Waals surface area contributed by atoms with Crippen molar-refractivity contribution in [3.63, 3.8) is 0 Å². The van der Waals surface area contributed by atoms with E-state index in [1.807, 2.05) is 30.3 Å². The smallest absolute Gasteiger partial charge is 0.249 e. The number of rotatable bonds is 7. The minimum absolute atomic E-state index is 0.209. The van der Waals surface area contributed by atoms with Gasteiger partial charge < -0.3 is 20.8 Å². The van der Waals surface area contributed by atoms with Crippen LogP contribution in [0.5, 0.6) is 0 Å². The van der Waals surface area contributed by atoms with Gasteiger partial charge in [-0.05, 0) is 25.8 Å². The lowest BCUT2D eigenvalue weighted by Crippen LogP contribution is -2.59. The fourth-order valence-electron chi connectivity index (χ4n) is 3.00. The Morgan fingerprint density at radius 3 is 2.40 bits per heavy atom. The normalized spacial score (nSPS) is 23.0. The molecule has 1 saturated heterocycles. The van der Waals surface area contributed by atoms with Crippen molar-refractivity contribution >= 4 is 11.8 Å². The summed E-state index contributed by atoms with van der Waals surface area (Å²) in [5.74, 6) is -0.944. The Labute approximate surface area is 148 Å². The molecule has 3 atom stereocenters. The third-order valence-electron chi connectivity index (χ3n) is 4.43. The number of amides is 2. The SMILES string of the molecule is C[C@H](O)C(=O)NC[C@@]1(NC(=O)[C@H](C)O)CCN(Cc2ccccc2)C1. The summed E-state index contributed by atoms with van der Waals surface area (Å²) in [4.78, 5) is 25.9. The number of nitrogens with zero attached hydrogens (tertiary/aromatic N) is 1. The largest absolute Gasteiger partial charge is 0.384 e. The van der Waals surface area contributed by atoms with E-state index in [0.717, 1.165) is 13.1 Å². The summed E-state index contributed by atoms with van der Waals surface area (Å²) in [6, 6.07) is 10.0. The summed E-state index contributed by atoms with van der Waals surface area (Å²) in [7, 11) is 0. The number of hydrogen-bond acceptors (Lipinski definition) is 5. The van der Waals surface area contributed by atoms with Gasteiger partial charge in [-0.2, -0.15) is 0 Å². The molecule has 1 heterocycles. The number of carbonyl (C=O) groups is 2. The summed E-state index contributed by atoms with van der Waals surface area (Å²) in [5.41, 5.74) is 0.515. The zero-order valence-corrected chi connectivity index (χ0v) is 14.7. The van der Waals surface area contributed by atoms with Gasteiger partial charge in [0.15, 0.2) is 0 Å². The average molecular weight is 349 g/mol. The molecule has 4 N–H and O–H groups in total. The standard InChI is InChI=1S/C18H27N3O4/c1-13(22)16(24)19-11-18(20-17(25)14(2)23)8-9-21(12-18)10-15-6-4-3-5-7-15/h3-7,13-14,22-23H,8-12H2,1-2H3,(H,19,24)(H,20,25)/t13-,14-,18-/m0/s1. The minimum atomic E-state index is -1.12. The molecule has 0 aromatic heterocycles. The number of hydrogen-bond donors (Lipinski definition) is 4. The maximum Gasteiger partial charge on any atom is 0.249 e. The van der Waals surface area contributed by atoms with Crippen LogP contribution in [-0.2, 0) is 16.1 Å². The van der Waals surface area contributed by atoms with Gasteiger partial charge in [-0.3, -0.25) is 14.5 Å². The maximum absolute atomic E-state index is 12.0. The van der Waals surface area contributed by atoms with Crippen molar-refractivity contribution in [1.82, 2.24) is 15.5 Å². The Morgan fingerprint density at radius 1 is 1.16 bits per heavy atom. The molecule has 2 rings (SSSR count). The topological polar surface area (TPSA) is 102 Å². The van der Waals surface area contributed by atoms with Gasteiger partial charge in [0.25, 0.3) is 0 Å². The van der Waals surface area contributed by atoms with Crippen LogP contribution in [-0.4, -0.2) is 64.3 Å². The van der Waals surface area contributed by atoms with Crippen LogP contribution in [0.4, 0.5) is 0 Å². The van der Waals surface area contributed by atoms with Crippen LogP contribution in [0, 0.1) is 0 Å². The maximum atomic E-state index is 12.0. The molecule has 0 aliphatic carbocycles. The lowest BCUT2D eigenvalue weighted by atomic mass is 9.97. The number of carbonyl (C=O) groups excluding carboxylic acids is 2. The highest BCUT2D eigenvalue weighted by molar-refractivity contribution is 5.82. The van der Waals surface area contributed by atoms with Crippen LogP contribution >= 0.6 is 0 Å². The van der Waals surface area contributed by atoms with Crippen molar-refractivity contribution in [2.45, 2.75) is 44.6 Å². The molecule has 0 bridgehead atoms. The molecule has 1 aromatic rings. The third-order valence-corrected chi connectivity index (χ3v) is 4.43. The predicted octanol–water partition coefficient (Wildman–Crippen LogP) is -0.375. The van der Waals surface area contributed by atoms with E-state index in [1.54, 1.807) is 0 Å². The fraction of sp³-hybridized carbons (Fsp3) is 0.556. The van der Waals surface area contributed by atoms with Crippen molar-refractivity contribution in [3.05, 3.63) is 35.9 Å². The number of aliphatic hydroxyl groups excluding tert-OH is 2. The lowest BCUT2D eigenvalue weighted by molar-refractivity contribution is -0.132. The van der Waals surface area contributed by atoms with Gasteiger partial charge in [0.2, 0.25) is 11.8 Å². The summed E-state index contributed by atoms with van der Waals surface area (Å²) in [6.07, 6.45) is -1.57. The van der Waals surface area contributed by atoms with Crippen molar-refractivity contribution in [1.29, 1.82) is 0 Å². The van der Waals surface area contributed by atoms with Gasteiger partial charge in [0.05, 0.1) is 5.54 Å². The molecule has 0 saturated carbocycles. The van der Waals surface area contributed by atoms with Crippen molar-refractivity contribution in [3.8, 4) is 0 Å². The van der Waals surface area contributed by atoms with E-state index in [-0.39, 0.29) is 6.54 Å². The van der Waals surface area contributed by atoms with E-state index < -0.39 is 29.6 Å². The van der Waals surface area contributed by atoms with Gasteiger partial charge in [0, 0.05) is 26.2 Å². The van der Waals surface area contributed by atoms with E-state index in [9.17, 15) is 19.8 Å². The van der Waals surface area contributed by atoms with Crippen molar-refractivity contribution < 1.29 is 19.8 Å². The summed E-state index contributed by atoms with van der Waals surface area (Å²) in [5, 5.41) is 24.4. The molecular formula is C18H27N3O4. The van der Waals surface area contributed by atoms with Gasteiger partial charge >= 0.3 is 0 Å². The zero-order valence-electron chi connectivity index (χ0n) is 14.7. The van der Waals surface area contributed by atoms with Crippen LogP contribution < -0.4 is 10.6 Å². The Kier molecular flexibility index (Phi) is 6.52. The molecule has 138 valence electrons. The van der Waals surface area contributed by atoms with Crippen molar-refractivity contribution in [2.24, 2.45) is 0 Å². The number of aliphatic hydroxyl groups is 2. The van der Waals surface area contributed by atoms with E-state index in [2.05, 4.69) is 15.5 Å². The van der Waals surface area contributed by atoms with Gasteiger partial charge in [-0.1, -0.05) is 30.3 Å². The van der Waals surface area contributed by atoms with Gasteiger partial charge in [0.1, 0.15) is 12.2 Å². The molecule has 1 aliphatic heterocycles. The molecular weight excluding hydrogens is 322 g/mol. The molecule has 7 heteroatoms. The zero-order chi connectivity index (χ0) is 18.4. The van der Waals surface area contributed by atoms with Gasteiger partial charge in [-0.15, -0.1) is 0 Å². The second-order valence-electron chi connectivity index (χ2n) is 6.79. The van der Waals surface area contributed by atoms with E-state index >= 15 is 0 Å². The van der Waals surface area contributed by atoms with Crippen LogP contribution in [0.1, 0.15) is 25.8 Å². The van der Waals surface area contributed by atoms with E-state index in [1.165, 1.54) is 19.4 Å². The molecule has 0 spiro atoms. The van der Waals surface area contributed by atoms with Crippen LogP contribution in [0.15, 0.2) is 30.3 Å². The van der Waals surface area contributed by atoms with Crippen LogP contribution in [0.2, 0.25) is 0 Å². The summed E-state index contributed by atoms with van der Waals surface area (Å²) < 4.78 is 0. The Morgan fingerprint density at radius 2 is 1.80 bits per heavy atom. The fourth-order valence-corrected chi connectivity index (χ4v) is 3.00. The van der Waals surface area contributed by atoms with Gasteiger partial charge in [-0.25, -0.2) is 0 Å². The van der Waals surface area contributed by atoms with E-state index in [0.29, 0.717) is 13.0 Å². The van der Waals surface area contributed by atoms with Crippen LogP contribution in [0.3, 0.4) is 0 Å². The molecule has 2 amide bonds. The van der Waals surface area contributed by atoms with Crippen molar-refractivity contribution in [2.75, 3.05) is 19.6 Å². The Balaban J connectivity index is 2.04. The van der Waals surface area contributed by atoms with E-state index in [4.69, 9.17) is 0 Å². The van der Waals surface area contributed by atoms with Crippen LogP contribution in [0.25, 0.3) is 0 Å². The highest BCUT2D eigenvalue weighted by Gasteiger charge is 2.40. The minimum Gasteiger partial charge on any atom is -0.384 e. The second kappa shape index (κ2) is 8.42. The Hall–Kier alpha value is -1.96. The molecule has 0 unspecified atom stereocenters. The highest BCUT2D eigenvalue weighted by atomic mass is 16.3. The molecule has 7 nitrogen and oxygen atoms in total. The third kappa shape index (κ3) is 5.52. The molecule has 25 heavy (non-hydrogen) atoms. The first-order chi connectivity index (χ1) is 11.8. The summed E-state index contributed by atoms with van der Waals surface area (Å²) >= 11 is 0. The Bertz CT molecular complexity index is 591. The number of nitrogens with one attached hydrogen (secondary N) is 2. The first kappa shape index (κ1) is 19.4. The molecule has 1 fully saturated rings. The monoisotopic (exact) mass is 349 g/mol. The summed E-state index contributed by atoms with van der Waals surface area (Å²) in [6.45, 7) is 5.08. The quantitative estimate of drug-likeness (QED) is 0.538. The predicted molar refractivity (Wildman–Crippen MR) is 93.6 cm³/mol. The lowest BCUT2D eigenvalue weighted by Gasteiger charge is -2.32.